The molecule has 1 aliphatic heterocycles. The number of hydrogen-bond acceptors (Lipinski definition) is 7. The Morgan fingerprint density at radius 3 is 2.44 bits per heavy atom. The summed E-state index contributed by atoms with van der Waals surface area (Å²) in [6.07, 6.45) is 13.4. The first-order valence-electron chi connectivity index (χ1n) is 13.8. The monoisotopic (exact) mass is 623 g/mol. The Balaban J connectivity index is 2.71. The molecule has 238 valence electrons. The highest BCUT2D eigenvalue weighted by atomic mass is 35.5. The van der Waals surface area contributed by atoms with E-state index in [1.807, 2.05) is 46.8 Å². The van der Waals surface area contributed by atoms with Crippen LogP contribution >= 0.6 is 11.6 Å². The molecule has 4 unspecified atom stereocenters. The van der Waals surface area contributed by atoms with E-state index < -0.39 is 41.4 Å². The Morgan fingerprint density at radius 1 is 1.19 bits per heavy atom. The van der Waals surface area contributed by atoms with Crippen LogP contribution in [-0.2, 0) is 28.6 Å². The molecule has 43 heavy (non-hydrogen) atoms. The molecule has 10 nitrogen and oxygen atoms in total. The van der Waals surface area contributed by atoms with Gasteiger partial charge in [0.15, 0.2) is 5.76 Å². The maximum absolute atomic E-state index is 12.9. The van der Waals surface area contributed by atoms with Crippen molar-refractivity contribution < 1.29 is 37.9 Å². The third-order valence-electron chi connectivity index (χ3n) is 6.22. The van der Waals surface area contributed by atoms with Crippen molar-refractivity contribution in [3.8, 4) is 0 Å². The minimum Gasteiger partial charge on any atom is -0.490 e. The lowest BCUT2D eigenvalue weighted by Gasteiger charge is -2.29. The summed E-state index contributed by atoms with van der Waals surface area (Å²) >= 11 is 5.82. The van der Waals surface area contributed by atoms with Gasteiger partial charge in [0.05, 0.1) is 7.11 Å². The van der Waals surface area contributed by atoms with Crippen molar-refractivity contribution in [1.29, 1.82) is 0 Å². The molecular formula is C31H43ClFN3O7. The predicted octanol–water partition coefficient (Wildman–Crippen LogP) is 5.59. The number of esters is 1. The van der Waals surface area contributed by atoms with E-state index in [9.17, 15) is 23.7 Å². The summed E-state index contributed by atoms with van der Waals surface area (Å²) < 4.78 is 27.7. The number of rotatable bonds is 14. The van der Waals surface area contributed by atoms with Crippen molar-refractivity contribution in [2.45, 2.75) is 79.1 Å². The number of carbonyl (C=O) groups is 4. The van der Waals surface area contributed by atoms with Gasteiger partial charge in [-0.05, 0) is 31.5 Å². The Morgan fingerprint density at radius 2 is 1.86 bits per heavy atom. The number of carbonyl (C=O) groups excluding carboxylic acids is 4. The van der Waals surface area contributed by atoms with Crippen molar-refractivity contribution >= 4 is 35.5 Å². The van der Waals surface area contributed by atoms with E-state index in [4.69, 9.17) is 25.8 Å². The summed E-state index contributed by atoms with van der Waals surface area (Å²) in [4.78, 5) is 48.6. The molecule has 0 saturated carbocycles. The Kier molecular flexibility index (Phi) is 16.1. The maximum atomic E-state index is 12.9. The lowest BCUT2D eigenvalue weighted by atomic mass is 9.86. The van der Waals surface area contributed by atoms with E-state index in [1.165, 1.54) is 19.4 Å². The molecule has 0 aromatic carbocycles. The van der Waals surface area contributed by atoms with Gasteiger partial charge in [-0.1, -0.05) is 85.8 Å². The van der Waals surface area contributed by atoms with Gasteiger partial charge in [-0.2, -0.15) is 5.54 Å². The summed E-state index contributed by atoms with van der Waals surface area (Å²) in [5.41, 5.74) is 1.22. The molecule has 0 spiro atoms. The molecule has 0 fully saturated rings. The van der Waals surface area contributed by atoms with Crippen LogP contribution in [0.5, 0.6) is 0 Å². The third-order valence-corrected chi connectivity index (χ3v) is 6.37. The number of cyclic esters (lactones) is 1. The first-order valence-corrected chi connectivity index (χ1v) is 14.2. The molecule has 0 aromatic heterocycles. The molecule has 12 heteroatoms. The highest BCUT2D eigenvalue weighted by Crippen LogP contribution is 2.23. The largest absolute Gasteiger partial charge is 0.490 e. The van der Waals surface area contributed by atoms with E-state index in [1.54, 1.807) is 37.3 Å². The van der Waals surface area contributed by atoms with E-state index in [2.05, 4.69) is 10.6 Å². The molecule has 3 amide bonds. The second-order valence-corrected chi connectivity index (χ2v) is 11.6. The van der Waals surface area contributed by atoms with Crippen LogP contribution in [0.15, 0.2) is 71.2 Å². The lowest BCUT2D eigenvalue weighted by molar-refractivity contribution is -0.151. The van der Waals surface area contributed by atoms with Gasteiger partial charge in [-0.3, -0.25) is 9.59 Å². The Labute approximate surface area is 258 Å². The summed E-state index contributed by atoms with van der Waals surface area (Å²) in [5.74, 6) is -1.20. The molecule has 3 N–H and O–H groups in total. The normalized spacial score (nSPS) is 18.6. The van der Waals surface area contributed by atoms with Crippen molar-refractivity contribution in [1.82, 2.24) is 16.2 Å². The molecular weight excluding hydrogens is 581 g/mol. The Hall–Kier alpha value is -3.86. The smallest absolute Gasteiger partial charge is 0.435 e. The average Bonchev–Trinajstić information content (AvgIpc) is 2.93. The highest BCUT2D eigenvalue weighted by Gasteiger charge is 2.32. The van der Waals surface area contributed by atoms with Crippen molar-refractivity contribution in [2.75, 3.05) is 7.11 Å². The first-order chi connectivity index (χ1) is 20.2. The van der Waals surface area contributed by atoms with Crippen LogP contribution in [0.3, 0.4) is 0 Å². The van der Waals surface area contributed by atoms with Gasteiger partial charge < -0.3 is 24.8 Å². The summed E-state index contributed by atoms with van der Waals surface area (Å²) in [7, 11) is 1.43. The second-order valence-electron chi connectivity index (χ2n) is 11.0. The summed E-state index contributed by atoms with van der Waals surface area (Å²) in [5, 5.41) is 5.84. The molecule has 4 atom stereocenters. The van der Waals surface area contributed by atoms with Gasteiger partial charge in [0.1, 0.15) is 18.2 Å². The fraction of sp³-hybridized carbons (Fsp3) is 0.484. The third kappa shape index (κ3) is 14.7. The van der Waals surface area contributed by atoms with Crippen LogP contribution in [0.2, 0.25) is 0 Å². The SMILES string of the molecule is COC1=CCC(C(C)/C=C(C)/C=C\C=C\C(=O)NC(C(=O)N/C=C\CC(C/C=C(\C)Cl)OC(=O)NF)C(C)(C)C)OC1=O. The minimum absolute atomic E-state index is 0.0321. The van der Waals surface area contributed by atoms with Crippen LogP contribution < -0.4 is 16.2 Å². The van der Waals surface area contributed by atoms with Crippen LogP contribution in [0.4, 0.5) is 9.28 Å². The minimum atomic E-state index is -1.23. The molecule has 0 saturated heterocycles. The maximum Gasteiger partial charge on any atom is 0.435 e. The number of nitrogens with one attached hydrogen (secondary N) is 3. The molecule has 1 heterocycles. The molecule has 0 aliphatic carbocycles. The standard InChI is InChI=1S/C31H43ClFN3O7/c1-20(19-21(2)24-16-17-25(41-7)29(39)43-24)11-8-9-13-26(37)35-27(31(4,5)6)28(38)34-18-10-12-23(15-14-22(3)32)42-30(40)36-33/h8-11,13-14,17-19,21,23-24,27H,12,15-16H2,1-7H3,(H,34,38)(H,35,37)(H,36,40)/b11-8-,13-9+,18-10-,20-19+,22-14+. The number of ether oxygens (including phenoxy) is 3. The van der Waals surface area contributed by atoms with E-state index in [0.29, 0.717) is 11.5 Å². The Bertz CT molecular complexity index is 1160. The van der Waals surface area contributed by atoms with Crippen molar-refractivity contribution in [2.24, 2.45) is 11.3 Å². The van der Waals surface area contributed by atoms with Crippen molar-refractivity contribution in [3.63, 3.8) is 0 Å². The zero-order valence-corrected chi connectivity index (χ0v) is 26.5. The quantitative estimate of drug-likeness (QED) is 0.0994. The van der Waals surface area contributed by atoms with Gasteiger partial charge in [0.25, 0.3) is 0 Å². The van der Waals surface area contributed by atoms with Gasteiger partial charge in [0, 0.05) is 36.3 Å². The molecule has 0 aromatic rings. The van der Waals surface area contributed by atoms with Crippen LogP contribution in [0, 0.1) is 11.3 Å². The topological polar surface area (TPSA) is 132 Å². The van der Waals surface area contributed by atoms with Crippen molar-refractivity contribution in [3.05, 3.63) is 71.2 Å². The second kappa shape index (κ2) is 18.6. The zero-order valence-electron chi connectivity index (χ0n) is 25.7. The van der Waals surface area contributed by atoms with E-state index >= 15 is 0 Å². The molecule has 0 radical (unpaired) electrons. The van der Waals surface area contributed by atoms with Crippen LogP contribution in [0.1, 0.15) is 60.8 Å². The van der Waals surface area contributed by atoms with Gasteiger partial charge in [0.2, 0.25) is 11.8 Å². The number of amides is 3. The van der Waals surface area contributed by atoms with Gasteiger partial charge in [-0.25, -0.2) is 9.59 Å². The van der Waals surface area contributed by atoms with Crippen LogP contribution in [0.25, 0.3) is 0 Å². The fourth-order valence-electron chi connectivity index (χ4n) is 3.94. The molecule has 1 rings (SSSR count). The predicted molar refractivity (Wildman–Crippen MR) is 163 cm³/mol. The number of allylic oxidation sites excluding steroid dienone is 5. The average molecular weight is 624 g/mol. The molecule has 0 bridgehead atoms. The van der Waals surface area contributed by atoms with Gasteiger partial charge >= 0.3 is 12.1 Å². The molecule has 1 aliphatic rings. The number of methoxy groups -OCH3 is 1. The van der Waals surface area contributed by atoms with Crippen LogP contribution in [-0.4, -0.2) is 49.2 Å². The number of halogens is 2. The fourth-order valence-corrected chi connectivity index (χ4v) is 4.03. The summed E-state index contributed by atoms with van der Waals surface area (Å²) in [6.45, 7) is 11.0. The lowest BCUT2D eigenvalue weighted by Crippen LogP contribution is -2.52. The first kappa shape index (κ1) is 37.2. The van der Waals surface area contributed by atoms with E-state index in [-0.39, 0.29) is 30.6 Å². The van der Waals surface area contributed by atoms with E-state index in [0.717, 1.165) is 11.1 Å². The number of hydrogen-bond donors (Lipinski definition) is 3. The zero-order chi connectivity index (χ0) is 32.6. The summed E-state index contributed by atoms with van der Waals surface area (Å²) in [6, 6.07) is -0.863. The highest BCUT2D eigenvalue weighted by molar-refractivity contribution is 6.29. The van der Waals surface area contributed by atoms with Gasteiger partial charge in [-0.15, -0.1) is 0 Å².